The van der Waals surface area contributed by atoms with Gasteiger partial charge < -0.3 is 9.47 Å². The highest BCUT2D eigenvalue weighted by Crippen LogP contribution is 2.34. The molecule has 0 spiro atoms. The van der Waals surface area contributed by atoms with Crippen LogP contribution in [0.3, 0.4) is 0 Å². The summed E-state index contributed by atoms with van der Waals surface area (Å²) in [7, 11) is 1.88. The van der Waals surface area contributed by atoms with Crippen molar-refractivity contribution in [2.75, 3.05) is 11.5 Å². The second-order valence-electron chi connectivity index (χ2n) is 4.57. The molecule has 7 heteroatoms. The van der Waals surface area contributed by atoms with E-state index in [9.17, 15) is 4.55 Å². The molecular formula is C13H16N3O3S+. The van der Waals surface area contributed by atoms with Crippen LogP contribution in [0.5, 0.6) is 11.5 Å². The molecule has 2 N–H and O–H groups in total. The minimum atomic E-state index is -1.12. The number of rotatable bonds is 3. The molecule has 20 heavy (non-hydrogen) atoms. The van der Waals surface area contributed by atoms with Crippen molar-refractivity contribution in [3.63, 3.8) is 0 Å². The van der Waals surface area contributed by atoms with Crippen molar-refractivity contribution in [2.45, 2.75) is 18.7 Å². The number of aryl methyl sites for hydroxylation is 2. The van der Waals surface area contributed by atoms with Gasteiger partial charge in [-0.1, -0.05) is 0 Å². The lowest BCUT2D eigenvalue weighted by Gasteiger charge is -2.03. The van der Waals surface area contributed by atoms with Gasteiger partial charge in [-0.15, -0.1) is 0 Å². The molecule has 2 aromatic rings. The van der Waals surface area contributed by atoms with E-state index in [0.29, 0.717) is 11.5 Å². The van der Waals surface area contributed by atoms with Gasteiger partial charge in [-0.05, 0) is 19.9 Å². The summed E-state index contributed by atoms with van der Waals surface area (Å²) in [5.41, 5.74) is 2.70. The third kappa shape index (κ3) is 2.19. The second kappa shape index (κ2) is 4.92. The Morgan fingerprint density at radius 3 is 2.75 bits per heavy atom. The Morgan fingerprint density at radius 1 is 1.30 bits per heavy atom. The van der Waals surface area contributed by atoms with Crippen LogP contribution in [-0.4, -0.2) is 21.1 Å². The van der Waals surface area contributed by atoms with Crippen LogP contribution in [-0.2, 0) is 18.4 Å². The average Bonchev–Trinajstić information content (AvgIpc) is 2.98. The minimum absolute atomic E-state index is 0.228. The van der Waals surface area contributed by atoms with Crippen LogP contribution in [0.1, 0.15) is 11.4 Å². The maximum absolute atomic E-state index is 10.3. The standard InChI is InChI=1S/C13H16N3O3S/c1-8-13(9(2)16(3)14-8)15-20(17)10-4-5-11-12(6-10)19-7-18-11/h4-6,15,17H,7H2,1-3H3/q+1. The van der Waals surface area contributed by atoms with E-state index < -0.39 is 11.4 Å². The number of hydrogen-bond acceptors (Lipinski definition) is 5. The quantitative estimate of drug-likeness (QED) is 0.850. The summed E-state index contributed by atoms with van der Waals surface area (Å²) in [5, 5.41) is 4.32. The largest absolute Gasteiger partial charge is 0.454 e. The lowest BCUT2D eigenvalue weighted by Crippen LogP contribution is -2.13. The Bertz CT molecular complexity index is 657. The van der Waals surface area contributed by atoms with Crippen molar-refractivity contribution >= 4 is 17.0 Å². The Balaban J connectivity index is 1.84. The SMILES string of the molecule is Cc1nn(C)c(C)c1N[S+](O)c1ccc2c(c1)OCO2. The summed E-state index contributed by atoms with van der Waals surface area (Å²) >= 11 is -1.12. The molecule has 1 atom stereocenters. The predicted molar refractivity (Wildman–Crippen MR) is 77.1 cm³/mol. The van der Waals surface area contributed by atoms with Gasteiger partial charge in [0.05, 0.1) is 11.4 Å². The van der Waals surface area contributed by atoms with Crippen molar-refractivity contribution in [2.24, 2.45) is 7.05 Å². The van der Waals surface area contributed by atoms with Gasteiger partial charge in [0.1, 0.15) is 5.69 Å². The van der Waals surface area contributed by atoms with E-state index in [2.05, 4.69) is 9.82 Å². The molecule has 0 bridgehead atoms. The van der Waals surface area contributed by atoms with E-state index in [-0.39, 0.29) is 6.79 Å². The third-order valence-electron chi connectivity index (χ3n) is 3.28. The first-order chi connectivity index (χ1) is 9.56. The van der Waals surface area contributed by atoms with Gasteiger partial charge in [0, 0.05) is 19.2 Å². The first-order valence-electron chi connectivity index (χ1n) is 6.16. The van der Waals surface area contributed by atoms with Crippen LogP contribution in [0, 0.1) is 13.8 Å². The van der Waals surface area contributed by atoms with E-state index in [4.69, 9.17) is 9.47 Å². The van der Waals surface area contributed by atoms with Crippen LogP contribution < -0.4 is 14.2 Å². The lowest BCUT2D eigenvalue weighted by atomic mass is 10.3. The first kappa shape index (κ1) is 13.1. The highest BCUT2D eigenvalue weighted by Gasteiger charge is 2.27. The molecule has 1 aromatic heterocycles. The molecule has 1 aromatic carbocycles. The van der Waals surface area contributed by atoms with Crippen LogP contribution >= 0.6 is 0 Å². The lowest BCUT2D eigenvalue weighted by molar-refractivity contribution is 0.174. The van der Waals surface area contributed by atoms with Gasteiger partial charge in [0.15, 0.2) is 11.5 Å². The summed E-state index contributed by atoms with van der Waals surface area (Å²) in [6.07, 6.45) is 0. The molecular weight excluding hydrogens is 278 g/mol. The summed E-state index contributed by atoms with van der Waals surface area (Å²) in [5.74, 6) is 1.37. The van der Waals surface area contributed by atoms with E-state index in [0.717, 1.165) is 22.0 Å². The fraction of sp³-hybridized carbons (Fsp3) is 0.308. The van der Waals surface area contributed by atoms with E-state index >= 15 is 0 Å². The number of aromatic nitrogens is 2. The van der Waals surface area contributed by atoms with E-state index in [1.807, 2.05) is 27.0 Å². The molecule has 6 nitrogen and oxygen atoms in total. The molecule has 0 aliphatic carbocycles. The summed E-state index contributed by atoms with van der Waals surface area (Å²) < 4.78 is 25.8. The zero-order valence-corrected chi connectivity index (χ0v) is 12.3. The number of ether oxygens (including phenoxy) is 2. The molecule has 0 saturated carbocycles. The van der Waals surface area contributed by atoms with Crippen molar-refractivity contribution in [3.05, 3.63) is 29.6 Å². The number of hydrogen-bond donors (Lipinski definition) is 2. The average molecular weight is 294 g/mol. The number of nitrogens with one attached hydrogen (secondary N) is 1. The molecule has 1 unspecified atom stereocenters. The molecule has 1 aliphatic rings. The molecule has 0 amide bonds. The Hall–Kier alpha value is -1.86. The number of fused-ring (bicyclic) bond motifs is 1. The zero-order chi connectivity index (χ0) is 14.3. The predicted octanol–water partition coefficient (Wildman–Crippen LogP) is 2.24. The van der Waals surface area contributed by atoms with E-state index in [1.165, 1.54) is 0 Å². The van der Waals surface area contributed by atoms with Crippen molar-refractivity contribution in [1.82, 2.24) is 9.78 Å². The van der Waals surface area contributed by atoms with Crippen molar-refractivity contribution in [3.8, 4) is 11.5 Å². The number of anilines is 1. The van der Waals surface area contributed by atoms with Gasteiger partial charge >= 0.3 is 11.4 Å². The van der Waals surface area contributed by atoms with Crippen LogP contribution in [0.4, 0.5) is 5.69 Å². The third-order valence-corrected chi connectivity index (χ3v) is 4.37. The van der Waals surface area contributed by atoms with Gasteiger partial charge in [0.2, 0.25) is 11.7 Å². The molecule has 0 fully saturated rings. The monoisotopic (exact) mass is 294 g/mol. The summed E-state index contributed by atoms with van der Waals surface area (Å²) in [4.78, 5) is 0.747. The maximum atomic E-state index is 10.3. The van der Waals surface area contributed by atoms with Gasteiger partial charge in [-0.25, -0.2) is 0 Å². The van der Waals surface area contributed by atoms with Crippen LogP contribution in [0.25, 0.3) is 0 Å². The first-order valence-corrected chi connectivity index (χ1v) is 7.34. The molecule has 0 saturated heterocycles. The highest BCUT2D eigenvalue weighted by atomic mass is 32.2. The number of benzene rings is 1. The zero-order valence-electron chi connectivity index (χ0n) is 11.5. The Morgan fingerprint density at radius 2 is 2.05 bits per heavy atom. The minimum Gasteiger partial charge on any atom is -0.454 e. The molecule has 106 valence electrons. The van der Waals surface area contributed by atoms with Gasteiger partial charge in [0.25, 0.3) is 0 Å². The second-order valence-corrected chi connectivity index (χ2v) is 5.82. The van der Waals surface area contributed by atoms with Crippen LogP contribution in [0.2, 0.25) is 0 Å². The highest BCUT2D eigenvalue weighted by molar-refractivity contribution is 7.92. The Kier molecular flexibility index (Phi) is 3.23. The molecule has 2 heterocycles. The molecule has 1 aliphatic heterocycles. The van der Waals surface area contributed by atoms with Crippen LogP contribution in [0.15, 0.2) is 23.1 Å². The topological polar surface area (TPSA) is 68.5 Å². The fourth-order valence-electron chi connectivity index (χ4n) is 2.07. The normalized spacial score (nSPS) is 14.4. The maximum Gasteiger partial charge on any atom is 0.303 e. The van der Waals surface area contributed by atoms with Gasteiger partial charge in [-0.3, -0.25) is 4.68 Å². The van der Waals surface area contributed by atoms with E-state index in [1.54, 1.807) is 16.8 Å². The summed E-state index contributed by atoms with van der Waals surface area (Å²) in [6, 6.07) is 5.42. The smallest absolute Gasteiger partial charge is 0.303 e. The Labute approximate surface area is 120 Å². The van der Waals surface area contributed by atoms with Gasteiger partial charge in [-0.2, -0.15) is 14.4 Å². The molecule has 3 rings (SSSR count). The number of nitrogens with zero attached hydrogens (tertiary/aromatic N) is 2. The molecule has 0 radical (unpaired) electrons. The van der Waals surface area contributed by atoms with Crippen molar-refractivity contribution in [1.29, 1.82) is 0 Å². The summed E-state index contributed by atoms with van der Waals surface area (Å²) in [6.45, 7) is 4.09. The van der Waals surface area contributed by atoms with Crippen molar-refractivity contribution < 1.29 is 14.0 Å². The fourth-order valence-corrected chi connectivity index (χ4v) is 3.10.